The van der Waals surface area contributed by atoms with Gasteiger partial charge in [-0.3, -0.25) is 4.79 Å². The number of nitrogens with two attached hydrogens (primary N) is 1. The number of rotatable bonds is 2. The van der Waals surface area contributed by atoms with E-state index >= 15 is 0 Å². The number of nitrogen functional groups attached to an aromatic ring is 1. The number of hydrogen-bond donors (Lipinski definition) is 2. The lowest BCUT2D eigenvalue weighted by molar-refractivity contribution is 0.0951. The van der Waals surface area contributed by atoms with E-state index < -0.39 is 0 Å². The maximum atomic E-state index is 11.2. The molecule has 0 atom stereocenters. The molecule has 1 aromatic heterocycles. The maximum Gasteiger partial charge on any atom is 0.273 e. The summed E-state index contributed by atoms with van der Waals surface area (Å²) in [6.07, 6.45) is 2.87. The van der Waals surface area contributed by atoms with Gasteiger partial charge in [0.05, 0.1) is 0 Å². The smallest absolute Gasteiger partial charge is 0.273 e. The molecule has 5 nitrogen and oxygen atoms in total. The van der Waals surface area contributed by atoms with Crippen molar-refractivity contribution in [2.45, 2.75) is 6.92 Å². The molecule has 0 aliphatic carbocycles. The van der Waals surface area contributed by atoms with Crippen LogP contribution in [0.5, 0.6) is 0 Å². The first-order valence-electron chi connectivity index (χ1n) is 3.60. The summed E-state index contributed by atoms with van der Waals surface area (Å²) in [6, 6.07) is 0. The Hall–Kier alpha value is -1.65. The number of hydrogen-bond acceptors (Lipinski definition) is 4. The third-order valence-corrected chi connectivity index (χ3v) is 1.28. The Bertz CT molecular complexity index is 286. The van der Waals surface area contributed by atoms with Crippen LogP contribution in [0.2, 0.25) is 0 Å². The van der Waals surface area contributed by atoms with Crippen LogP contribution in [0.3, 0.4) is 0 Å². The van der Waals surface area contributed by atoms with Crippen molar-refractivity contribution in [1.29, 1.82) is 0 Å². The third kappa shape index (κ3) is 1.69. The lowest BCUT2D eigenvalue weighted by Gasteiger charge is -2.01. The molecule has 0 saturated carbocycles. The monoisotopic (exact) mass is 166 g/mol. The minimum absolute atomic E-state index is 0.156. The minimum Gasteiger partial charge on any atom is -0.382 e. The summed E-state index contributed by atoms with van der Waals surface area (Å²) in [5.74, 6) is -0.133. The zero-order valence-electron chi connectivity index (χ0n) is 6.74. The molecule has 1 heterocycles. The molecule has 1 amide bonds. The van der Waals surface area contributed by atoms with Gasteiger partial charge < -0.3 is 11.1 Å². The van der Waals surface area contributed by atoms with Gasteiger partial charge in [-0.1, -0.05) is 0 Å². The van der Waals surface area contributed by atoms with Crippen molar-refractivity contribution in [3.8, 4) is 0 Å². The van der Waals surface area contributed by atoms with Gasteiger partial charge in [0.15, 0.2) is 11.5 Å². The van der Waals surface area contributed by atoms with Crippen molar-refractivity contribution in [3.63, 3.8) is 0 Å². The summed E-state index contributed by atoms with van der Waals surface area (Å²) in [4.78, 5) is 18.7. The molecule has 64 valence electrons. The first-order chi connectivity index (χ1) is 5.75. The lowest BCUT2D eigenvalue weighted by Crippen LogP contribution is -2.25. The molecule has 0 bridgehead atoms. The molecule has 0 aromatic carbocycles. The first-order valence-corrected chi connectivity index (χ1v) is 3.60. The Kier molecular flexibility index (Phi) is 2.57. The highest BCUT2D eigenvalue weighted by atomic mass is 16.1. The summed E-state index contributed by atoms with van der Waals surface area (Å²) < 4.78 is 0. The number of nitrogens with zero attached hydrogens (tertiary/aromatic N) is 2. The van der Waals surface area contributed by atoms with Crippen LogP contribution >= 0.6 is 0 Å². The van der Waals surface area contributed by atoms with E-state index in [9.17, 15) is 4.79 Å². The number of carbonyl (C=O) groups is 1. The van der Waals surface area contributed by atoms with Crippen LogP contribution in [-0.2, 0) is 0 Å². The number of amides is 1. The van der Waals surface area contributed by atoms with Gasteiger partial charge in [0.25, 0.3) is 5.91 Å². The molecule has 5 heteroatoms. The summed E-state index contributed by atoms with van der Waals surface area (Å²) >= 11 is 0. The zero-order chi connectivity index (χ0) is 8.97. The average Bonchev–Trinajstić information content (AvgIpc) is 2.05. The molecular weight excluding hydrogens is 156 g/mol. The van der Waals surface area contributed by atoms with E-state index in [0.717, 1.165) is 0 Å². The molecule has 12 heavy (non-hydrogen) atoms. The molecule has 0 saturated heterocycles. The van der Waals surface area contributed by atoms with Gasteiger partial charge in [-0.05, 0) is 6.92 Å². The summed E-state index contributed by atoms with van der Waals surface area (Å²) in [7, 11) is 0. The van der Waals surface area contributed by atoms with Gasteiger partial charge in [0.1, 0.15) is 0 Å². The summed E-state index contributed by atoms with van der Waals surface area (Å²) in [5, 5.41) is 2.58. The fourth-order valence-corrected chi connectivity index (χ4v) is 0.768. The summed E-state index contributed by atoms with van der Waals surface area (Å²) in [5.41, 5.74) is 5.60. The van der Waals surface area contributed by atoms with Gasteiger partial charge in [0, 0.05) is 18.9 Å². The van der Waals surface area contributed by atoms with Crippen molar-refractivity contribution in [3.05, 3.63) is 18.1 Å². The molecule has 3 N–H and O–H groups in total. The molecule has 0 fully saturated rings. The topological polar surface area (TPSA) is 80.9 Å². The highest BCUT2D eigenvalue weighted by Gasteiger charge is 2.09. The van der Waals surface area contributed by atoms with Crippen LogP contribution in [-0.4, -0.2) is 22.4 Å². The van der Waals surface area contributed by atoms with Crippen molar-refractivity contribution < 1.29 is 4.79 Å². The third-order valence-electron chi connectivity index (χ3n) is 1.28. The number of aromatic nitrogens is 2. The largest absolute Gasteiger partial charge is 0.382 e. The molecular formula is C7H10N4O. The Labute approximate surface area is 70.0 Å². The fourth-order valence-electron chi connectivity index (χ4n) is 0.768. The Morgan fingerprint density at radius 1 is 1.58 bits per heavy atom. The number of nitrogens with one attached hydrogen (secondary N) is 1. The molecule has 0 aliphatic heterocycles. The van der Waals surface area contributed by atoms with Gasteiger partial charge in [0.2, 0.25) is 0 Å². The second-order valence-corrected chi connectivity index (χ2v) is 2.15. The van der Waals surface area contributed by atoms with Crippen LogP contribution in [0.15, 0.2) is 12.4 Å². The van der Waals surface area contributed by atoms with E-state index in [1.54, 1.807) is 0 Å². The quantitative estimate of drug-likeness (QED) is 0.638. The molecule has 0 aliphatic rings. The van der Waals surface area contributed by atoms with E-state index in [0.29, 0.717) is 6.54 Å². The van der Waals surface area contributed by atoms with Crippen molar-refractivity contribution >= 4 is 11.7 Å². The second-order valence-electron chi connectivity index (χ2n) is 2.15. The van der Waals surface area contributed by atoms with Gasteiger partial charge in [-0.15, -0.1) is 0 Å². The Morgan fingerprint density at radius 3 is 2.83 bits per heavy atom. The van der Waals surface area contributed by atoms with Crippen molar-refractivity contribution in [2.24, 2.45) is 0 Å². The fraction of sp³-hybridized carbons (Fsp3) is 0.286. The number of carbonyl (C=O) groups excluding carboxylic acids is 1. The van der Waals surface area contributed by atoms with Gasteiger partial charge in [-0.2, -0.15) is 0 Å². The predicted molar refractivity (Wildman–Crippen MR) is 44.5 cm³/mol. The molecule has 0 spiro atoms. The molecule has 1 aromatic rings. The van der Waals surface area contributed by atoms with Gasteiger partial charge >= 0.3 is 0 Å². The van der Waals surface area contributed by atoms with Crippen molar-refractivity contribution in [1.82, 2.24) is 15.3 Å². The highest BCUT2D eigenvalue weighted by Crippen LogP contribution is 2.01. The standard InChI is InChI=1S/C7H10N4O/c1-2-9-7(12)5-6(8)11-4-3-10-5/h3-4H,2H2,1H3,(H2,8,11)(H,9,12). The van der Waals surface area contributed by atoms with E-state index in [1.165, 1.54) is 12.4 Å². The van der Waals surface area contributed by atoms with Crippen LogP contribution < -0.4 is 11.1 Å². The van der Waals surface area contributed by atoms with Crippen LogP contribution in [0.1, 0.15) is 17.4 Å². The van der Waals surface area contributed by atoms with Crippen molar-refractivity contribution in [2.75, 3.05) is 12.3 Å². The van der Waals surface area contributed by atoms with Gasteiger partial charge in [-0.25, -0.2) is 9.97 Å². The lowest BCUT2D eigenvalue weighted by atomic mass is 10.4. The molecule has 1 rings (SSSR count). The zero-order valence-corrected chi connectivity index (χ0v) is 6.74. The normalized spacial score (nSPS) is 9.42. The van der Waals surface area contributed by atoms with E-state index in [2.05, 4.69) is 15.3 Å². The van der Waals surface area contributed by atoms with E-state index in [4.69, 9.17) is 5.73 Å². The second kappa shape index (κ2) is 3.66. The molecule has 0 unspecified atom stereocenters. The highest BCUT2D eigenvalue weighted by molar-refractivity contribution is 5.96. The van der Waals surface area contributed by atoms with Crippen LogP contribution in [0, 0.1) is 0 Å². The SMILES string of the molecule is CCNC(=O)c1nccnc1N. The molecule has 0 radical (unpaired) electrons. The predicted octanol–water partition coefficient (Wildman–Crippen LogP) is -0.191. The maximum absolute atomic E-state index is 11.2. The van der Waals surface area contributed by atoms with Crippen LogP contribution in [0.25, 0.3) is 0 Å². The average molecular weight is 166 g/mol. The first kappa shape index (κ1) is 8.45. The van der Waals surface area contributed by atoms with E-state index in [-0.39, 0.29) is 17.4 Å². The number of anilines is 1. The van der Waals surface area contributed by atoms with Crippen LogP contribution in [0.4, 0.5) is 5.82 Å². The Morgan fingerprint density at radius 2 is 2.25 bits per heavy atom. The minimum atomic E-state index is -0.289. The summed E-state index contributed by atoms with van der Waals surface area (Å²) in [6.45, 7) is 2.37. The van der Waals surface area contributed by atoms with E-state index in [1.807, 2.05) is 6.92 Å². The Balaban J connectivity index is 2.87.